The Labute approximate surface area is 126 Å². The molecule has 0 N–H and O–H groups in total. The van der Waals surface area contributed by atoms with Crippen LogP contribution in [0.2, 0.25) is 0 Å². The highest BCUT2D eigenvalue weighted by molar-refractivity contribution is 4.83. The first kappa shape index (κ1) is 18.0. The Kier molecular flexibility index (Phi) is 7.53. The van der Waals surface area contributed by atoms with Crippen LogP contribution in [0.3, 0.4) is 0 Å². The third-order valence-corrected chi connectivity index (χ3v) is 4.84. The van der Waals surface area contributed by atoms with Crippen LogP contribution in [0.5, 0.6) is 0 Å². The molecule has 4 atom stereocenters. The summed E-state index contributed by atoms with van der Waals surface area (Å²) in [7, 11) is 0. The van der Waals surface area contributed by atoms with Gasteiger partial charge in [0, 0.05) is 6.61 Å². The number of hydrogen-bond acceptors (Lipinski definition) is 2. The zero-order chi connectivity index (χ0) is 15.2. The molecule has 0 spiro atoms. The molecule has 0 aromatic heterocycles. The van der Waals surface area contributed by atoms with Gasteiger partial charge in [-0.1, -0.05) is 40.5 Å². The molecule has 2 nitrogen and oxygen atoms in total. The van der Waals surface area contributed by atoms with Crippen molar-refractivity contribution >= 4 is 0 Å². The smallest absolute Gasteiger partial charge is 0.0886 e. The quantitative estimate of drug-likeness (QED) is 0.620. The second-order valence-corrected chi connectivity index (χ2v) is 7.31. The fourth-order valence-corrected chi connectivity index (χ4v) is 3.65. The highest BCUT2D eigenvalue weighted by Gasteiger charge is 2.33. The molecule has 0 amide bonds. The normalized spacial score (nSPS) is 30.4. The maximum absolute atomic E-state index is 6.37. The van der Waals surface area contributed by atoms with Gasteiger partial charge in [-0.25, -0.2) is 0 Å². The van der Waals surface area contributed by atoms with Crippen molar-refractivity contribution < 1.29 is 9.47 Å². The Bertz CT molecular complexity index is 256. The van der Waals surface area contributed by atoms with Crippen molar-refractivity contribution in [2.75, 3.05) is 13.2 Å². The molecule has 0 heterocycles. The zero-order valence-corrected chi connectivity index (χ0v) is 14.6. The van der Waals surface area contributed by atoms with Crippen molar-refractivity contribution in [3.63, 3.8) is 0 Å². The van der Waals surface area contributed by atoms with Gasteiger partial charge in [-0.05, 0) is 50.9 Å². The van der Waals surface area contributed by atoms with Crippen molar-refractivity contribution in [3.05, 3.63) is 0 Å². The van der Waals surface area contributed by atoms with E-state index in [-0.39, 0.29) is 5.60 Å². The molecule has 0 aliphatic heterocycles. The first-order chi connectivity index (χ1) is 9.41. The van der Waals surface area contributed by atoms with Gasteiger partial charge in [0.15, 0.2) is 0 Å². The minimum Gasteiger partial charge on any atom is -0.375 e. The lowest BCUT2D eigenvalue weighted by atomic mass is 9.75. The molecule has 0 bridgehead atoms. The van der Waals surface area contributed by atoms with Gasteiger partial charge in [0.2, 0.25) is 0 Å². The molecule has 1 rings (SSSR count). The lowest BCUT2D eigenvalue weighted by molar-refractivity contribution is -0.129. The molecule has 4 unspecified atom stereocenters. The van der Waals surface area contributed by atoms with Crippen LogP contribution < -0.4 is 0 Å². The van der Waals surface area contributed by atoms with Crippen molar-refractivity contribution in [2.45, 2.75) is 85.4 Å². The van der Waals surface area contributed by atoms with Crippen LogP contribution in [-0.4, -0.2) is 24.9 Å². The van der Waals surface area contributed by atoms with Crippen LogP contribution in [0, 0.1) is 17.8 Å². The van der Waals surface area contributed by atoms with E-state index in [0.29, 0.717) is 6.10 Å². The van der Waals surface area contributed by atoms with Crippen LogP contribution in [0.1, 0.15) is 73.6 Å². The molecule has 0 aromatic carbocycles. The lowest BCUT2D eigenvalue weighted by Gasteiger charge is -2.39. The summed E-state index contributed by atoms with van der Waals surface area (Å²) in [5.41, 5.74) is -0.105. The summed E-state index contributed by atoms with van der Waals surface area (Å²) in [5.74, 6) is 2.25. The van der Waals surface area contributed by atoms with E-state index in [1.165, 1.54) is 19.3 Å². The predicted molar refractivity (Wildman–Crippen MR) is 86.0 cm³/mol. The molecule has 0 radical (unpaired) electrons. The van der Waals surface area contributed by atoms with E-state index in [0.717, 1.165) is 43.8 Å². The standard InChI is InChI=1S/C18H36O2/c1-7-11-18(6,20-8-2)13-19-17-12-15(5)9-10-16(17)14(3)4/h14-17H,7-13H2,1-6H3. The average molecular weight is 284 g/mol. The Morgan fingerprint density at radius 2 is 1.90 bits per heavy atom. The van der Waals surface area contributed by atoms with Crippen LogP contribution in [-0.2, 0) is 9.47 Å². The first-order valence-corrected chi connectivity index (χ1v) is 8.67. The van der Waals surface area contributed by atoms with Gasteiger partial charge in [-0.3, -0.25) is 0 Å². The first-order valence-electron chi connectivity index (χ1n) is 8.67. The van der Waals surface area contributed by atoms with Gasteiger partial charge in [-0.15, -0.1) is 0 Å². The molecule has 1 fully saturated rings. The fraction of sp³-hybridized carbons (Fsp3) is 1.00. The molecule has 0 saturated heterocycles. The summed E-state index contributed by atoms with van der Waals surface area (Å²) in [6, 6.07) is 0. The minimum atomic E-state index is -0.105. The largest absolute Gasteiger partial charge is 0.375 e. The second-order valence-electron chi connectivity index (χ2n) is 7.31. The third-order valence-electron chi connectivity index (χ3n) is 4.84. The third kappa shape index (κ3) is 5.37. The van der Waals surface area contributed by atoms with Gasteiger partial charge < -0.3 is 9.47 Å². The van der Waals surface area contributed by atoms with E-state index in [9.17, 15) is 0 Å². The number of rotatable bonds is 8. The molecule has 0 aromatic rings. The molecule has 1 aliphatic carbocycles. The van der Waals surface area contributed by atoms with E-state index < -0.39 is 0 Å². The molecule has 120 valence electrons. The van der Waals surface area contributed by atoms with Gasteiger partial charge >= 0.3 is 0 Å². The summed E-state index contributed by atoms with van der Waals surface area (Å²) >= 11 is 0. The summed E-state index contributed by atoms with van der Waals surface area (Å²) in [5, 5.41) is 0. The maximum Gasteiger partial charge on any atom is 0.0886 e. The highest BCUT2D eigenvalue weighted by atomic mass is 16.5. The molecular weight excluding hydrogens is 248 g/mol. The van der Waals surface area contributed by atoms with Crippen molar-refractivity contribution in [2.24, 2.45) is 17.8 Å². The highest BCUT2D eigenvalue weighted by Crippen LogP contribution is 2.36. The van der Waals surface area contributed by atoms with Crippen molar-refractivity contribution in [3.8, 4) is 0 Å². The van der Waals surface area contributed by atoms with Crippen LogP contribution in [0.25, 0.3) is 0 Å². The van der Waals surface area contributed by atoms with Crippen molar-refractivity contribution in [1.29, 1.82) is 0 Å². The van der Waals surface area contributed by atoms with E-state index in [1.54, 1.807) is 0 Å². The Morgan fingerprint density at radius 1 is 1.20 bits per heavy atom. The summed E-state index contributed by atoms with van der Waals surface area (Å²) < 4.78 is 12.3. The van der Waals surface area contributed by atoms with Gasteiger partial charge in [-0.2, -0.15) is 0 Å². The topological polar surface area (TPSA) is 18.5 Å². The second kappa shape index (κ2) is 8.38. The van der Waals surface area contributed by atoms with Gasteiger partial charge in [0.1, 0.15) is 0 Å². The maximum atomic E-state index is 6.37. The van der Waals surface area contributed by atoms with Crippen molar-refractivity contribution in [1.82, 2.24) is 0 Å². The molecule has 1 saturated carbocycles. The Morgan fingerprint density at radius 3 is 2.45 bits per heavy atom. The average Bonchev–Trinajstić information content (AvgIpc) is 2.37. The monoisotopic (exact) mass is 284 g/mol. The number of hydrogen-bond donors (Lipinski definition) is 0. The molecule has 20 heavy (non-hydrogen) atoms. The molecular formula is C18H36O2. The van der Waals surface area contributed by atoms with Gasteiger partial charge in [0.25, 0.3) is 0 Å². The van der Waals surface area contributed by atoms with E-state index in [4.69, 9.17) is 9.47 Å². The minimum absolute atomic E-state index is 0.105. The van der Waals surface area contributed by atoms with Crippen LogP contribution >= 0.6 is 0 Å². The van der Waals surface area contributed by atoms with Gasteiger partial charge in [0.05, 0.1) is 18.3 Å². The zero-order valence-electron chi connectivity index (χ0n) is 14.6. The Balaban J connectivity index is 2.58. The molecule has 1 aliphatic rings. The van der Waals surface area contributed by atoms with E-state index >= 15 is 0 Å². The lowest BCUT2D eigenvalue weighted by Crippen LogP contribution is -2.41. The summed E-state index contributed by atoms with van der Waals surface area (Å²) in [6.07, 6.45) is 6.56. The predicted octanol–water partition coefficient (Wildman–Crippen LogP) is 5.06. The van der Waals surface area contributed by atoms with Crippen LogP contribution in [0.4, 0.5) is 0 Å². The fourth-order valence-electron chi connectivity index (χ4n) is 3.65. The SMILES string of the molecule is CCCC(C)(COC1CC(C)CCC1C(C)C)OCC. The summed E-state index contributed by atoms with van der Waals surface area (Å²) in [4.78, 5) is 0. The molecule has 2 heteroatoms. The van der Waals surface area contributed by atoms with Crippen LogP contribution in [0.15, 0.2) is 0 Å². The Hall–Kier alpha value is -0.0800. The number of ether oxygens (including phenoxy) is 2. The van der Waals surface area contributed by atoms with E-state index in [2.05, 4.69) is 41.5 Å². The van der Waals surface area contributed by atoms with E-state index in [1.807, 2.05) is 0 Å². The summed E-state index contributed by atoms with van der Waals surface area (Å²) in [6.45, 7) is 15.1.